The van der Waals surface area contributed by atoms with Gasteiger partial charge in [-0.3, -0.25) is 0 Å². The molecule has 0 atom stereocenters. The van der Waals surface area contributed by atoms with Crippen molar-refractivity contribution in [3.63, 3.8) is 0 Å². The summed E-state index contributed by atoms with van der Waals surface area (Å²) in [7, 11) is 0. The van der Waals surface area contributed by atoms with Crippen molar-refractivity contribution in [3.05, 3.63) is 168 Å². The van der Waals surface area contributed by atoms with E-state index in [1.165, 1.54) is 55.0 Å². The zero-order valence-electron chi connectivity index (χ0n) is 41.6. The molecule has 0 radical (unpaired) electrons. The van der Waals surface area contributed by atoms with Crippen molar-refractivity contribution >= 4 is 101 Å². The second-order valence-corrected chi connectivity index (χ2v) is 23.6. The van der Waals surface area contributed by atoms with E-state index >= 15 is 0 Å². The van der Waals surface area contributed by atoms with E-state index in [9.17, 15) is 0 Å². The summed E-state index contributed by atoms with van der Waals surface area (Å²) < 4.78 is 16.1. The molecule has 338 valence electrons. The van der Waals surface area contributed by atoms with Gasteiger partial charge in [0.25, 0.3) is 6.71 Å². The molecule has 0 fully saturated rings. The lowest BCUT2D eigenvalue weighted by atomic mass is 9.33. The average molecular weight is 890 g/mol. The van der Waals surface area contributed by atoms with Crippen LogP contribution in [0.15, 0.2) is 154 Å². The summed E-state index contributed by atoms with van der Waals surface area (Å²) in [4.78, 5) is 5.04. The number of hydrogen-bond donors (Lipinski definition) is 0. The van der Waals surface area contributed by atoms with Gasteiger partial charge in [0.15, 0.2) is 0 Å². The molecule has 0 unspecified atom stereocenters. The van der Waals surface area contributed by atoms with Crippen LogP contribution < -0.4 is 26.2 Å². The third kappa shape index (κ3) is 6.50. The highest BCUT2D eigenvalue weighted by Crippen LogP contribution is 2.48. The van der Waals surface area contributed by atoms with Crippen LogP contribution in [0.1, 0.15) is 106 Å². The van der Waals surface area contributed by atoms with Crippen molar-refractivity contribution < 1.29 is 8.83 Å². The van der Waals surface area contributed by atoms with Crippen molar-refractivity contribution in [2.24, 2.45) is 0 Å². The minimum absolute atomic E-state index is 0.0128. The van der Waals surface area contributed by atoms with E-state index in [-0.39, 0.29) is 28.4 Å². The van der Waals surface area contributed by atoms with E-state index in [2.05, 4.69) is 243 Å². The molecular weight excluding hydrogens is 830 g/mol. The van der Waals surface area contributed by atoms with Crippen LogP contribution in [0.4, 0.5) is 34.1 Å². The topological polar surface area (TPSA) is 37.7 Å². The fourth-order valence-electron chi connectivity index (χ4n) is 10.9. The molecule has 0 N–H and O–H groups in total. The molecule has 68 heavy (non-hydrogen) atoms. The minimum Gasteiger partial charge on any atom is -0.460 e. The number of anilines is 6. The van der Waals surface area contributed by atoms with Gasteiger partial charge in [0.05, 0.1) is 16.7 Å². The number of furan rings is 2. The highest BCUT2D eigenvalue weighted by Gasteiger charge is 2.45. The van der Waals surface area contributed by atoms with Crippen LogP contribution in [0, 0.1) is 0 Å². The monoisotopic (exact) mass is 889 g/mol. The van der Waals surface area contributed by atoms with Crippen molar-refractivity contribution in [2.75, 3.05) is 9.80 Å². The summed E-state index contributed by atoms with van der Waals surface area (Å²) in [5, 5.41) is 4.68. The van der Waals surface area contributed by atoms with Gasteiger partial charge < -0.3 is 23.2 Å². The molecule has 0 amide bonds. The predicted octanol–water partition coefficient (Wildman–Crippen LogP) is 15.5. The number of rotatable bonds is 3. The Labute approximate surface area is 401 Å². The van der Waals surface area contributed by atoms with Crippen LogP contribution in [0.5, 0.6) is 0 Å². The normalized spacial score (nSPS) is 14.1. The molecule has 0 saturated carbocycles. The maximum Gasteiger partial charge on any atom is 0.252 e. The largest absolute Gasteiger partial charge is 0.460 e. The van der Waals surface area contributed by atoms with Gasteiger partial charge >= 0.3 is 0 Å². The molecule has 2 aliphatic heterocycles. The van der Waals surface area contributed by atoms with E-state index in [0.29, 0.717) is 0 Å². The summed E-state index contributed by atoms with van der Waals surface area (Å²) >= 11 is 0. The second-order valence-electron chi connectivity index (χ2n) is 23.6. The zero-order chi connectivity index (χ0) is 47.4. The molecule has 0 saturated heterocycles. The molecule has 6 heteroatoms. The van der Waals surface area contributed by atoms with Gasteiger partial charge in [-0.05, 0) is 105 Å². The third-order valence-electron chi connectivity index (χ3n) is 14.6. The number of para-hydroxylation sites is 2. The van der Waals surface area contributed by atoms with Gasteiger partial charge in [-0.15, -0.1) is 0 Å². The lowest BCUT2D eigenvalue weighted by molar-refractivity contribution is 0.430. The molecule has 0 aliphatic carbocycles. The van der Waals surface area contributed by atoms with Crippen molar-refractivity contribution in [1.82, 2.24) is 4.57 Å². The van der Waals surface area contributed by atoms with Gasteiger partial charge in [0.1, 0.15) is 22.7 Å². The Morgan fingerprint density at radius 3 is 1.49 bits per heavy atom. The van der Waals surface area contributed by atoms with Gasteiger partial charge in [-0.1, -0.05) is 150 Å². The SMILES string of the molecule is CC(C)(C)c1ccc(N2c3ccc(C(C)(C)C)cc3B3c4cc5cc(C(C)(C)C)oc5cc4N(c4ccc5cc(C(C)(C)C)oc5c4)c4cc(-n5c6ccccc6c6ccccc65)cc2c43)cc1. The van der Waals surface area contributed by atoms with Crippen LogP contribution in [0.25, 0.3) is 49.4 Å². The van der Waals surface area contributed by atoms with Crippen LogP contribution >= 0.6 is 0 Å². The van der Waals surface area contributed by atoms with Crippen molar-refractivity contribution in [1.29, 1.82) is 0 Å². The number of fused-ring (bicyclic) bond motifs is 9. The molecule has 3 aromatic heterocycles. The Morgan fingerprint density at radius 1 is 0.382 bits per heavy atom. The molecular formula is C62H60BN3O2. The Morgan fingerprint density at radius 2 is 0.897 bits per heavy atom. The number of nitrogens with zero attached hydrogens (tertiary/aromatic N) is 3. The predicted molar refractivity (Wildman–Crippen MR) is 289 cm³/mol. The lowest BCUT2D eigenvalue weighted by Gasteiger charge is -2.45. The average Bonchev–Trinajstić information content (AvgIpc) is 4.01. The first-order chi connectivity index (χ1) is 32.2. The number of hydrogen-bond acceptors (Lipinski definition) is 4. The van der Waals surface area contributed by atoms with Crippen molar-refractivity contribution in [3.8, 4) is 5.69 Å². The number of benzene rings is 7. The lowest BCUT2D eigenvalue weighted by Crippen LogP contribution is -2.61. The Kier molecular flexibility index (Phi) is 8.93. The fourth-order valence-corrected chi connectivity index (χ4v) is 10.9. The van der Waals surface area contributed by atoms with E-state index in [0.717, 1.165) is 67.6 Å². The number of aromatic nitrogens is 1. The molecule has 7 aromatic carbocycles. The zero-order valence-corrected chi connectivity index (χ0v) is 41.6. The summed E-state index contributed by atoms with van der Waals surface area (Å²) in [6.07, 6.45) is 0. The first-order valence-corrected chi connectivity index (χ1v) is 24.4. The quantitative estimate of drug-likeness (QED) is 0.166. The highest BCUT2D eigenvalue weighted by molar-refractivity contribution is 7.00. The molecule has 12 rings (SSSR count). The third-order valence-corrected chi connectivity index (χ3v) is 14.6. The van der Waals surface area contributed by atoms with E-state index in [1.807, 2.05) is 0 Å². The molecule has 2 aliphatic rings. The Balaban J connectivity index is 1.24. The molecule has 5 nitrogen and oxygen atoms in total. The van der Waals surface area contributed by atoms with Gasteiger partial charge in [-0.2, -0.15) is 0 Å². The molecule has 5 heterocycles. The fraction of sp³-hybridized carbons (Fsp3) is 0.258. The van der Waals surface area contributed by atoms with Crippen LogP contribution in [0.2, 0.25) is 0 Å². The summed E-state index contributed by atoms with van der Waals surface area (Å²) in [6, 6.07) is 55.1. The molecule has 0 bridgehead atoms. The van der Waals surface area contributed by atoms with Crippen LogP contribution in [-0.2, 0) is 21.7 Å². The Bertz CT molecular complexity index is 3630. The van der Waals surface area contributed by atoms with Crippen molar-refractivity contribution in [2.45, 2.75) is 105 Å². The minimum atomic E-state index is -0.163. The van der Waals surface area contributed by atoms with E-state index in [1.54, 1.807) is 0 Å². The molecule has 0 spiro atoms. The first kappa shape index (κ1) is 42.4. The summed E-state index contributed by atoms with van der Waals surface area (Å²) in [5.74, 6) is 1.95. The van der Waals surface area contributed by atoms with Gasteiger partial charge in [0.2, 0.25) is 0 Å². The second kappa shape index (κ2) is 14.3. The summed E-state index contributed by atoms with van der Waals surface area (Å²) in [6.45, 7) is 27.1. The standard InChI is InChI=1S/C62H60BN3O2/c1-59(2,3)39-22-26-41(27-23-39)64-50-28-24-40(60(4,5)6)32-47(50)63-46-29-38-31-57(62(10,11)12)68-55(38)36-51(46)65(42-25-21-37-30-56(61(7,8)9)67-54(37)35-42)53-34-43(33-52(64)58(53)63)66-48-19-15-13-17-44(48)45-18-14-16-20-49(45)66/h13-36H,1-12H3. The van der Waals surface area contributed by atoms with Gasteiger partial charge in [-0.25, -0.2) is 0 Å². The first-order valence-electron chi connectivity index (χ1n) is 24.4. The maximum absolute atomic E-state index is 6.85. The summed E-state index contributed by atoms with van der Waals surface area (Å²) in [5.41, 5.74) is 18.0. The Hall–Kier alpha value is -6.92. The highest BCUT2D eigenvalue weighted by atomic mass is 16.3. The van der Waals surface area contributed by atoms with Crippen LogP contribution in [0.3, 0.4) is 0 Å². The van der Waals surface area contributed by atoms with E-state index < -0.39 is 0 Å². The maximum atomic E-state index is 6.85. The van der Waals surface area contributed by atoms with Crippen LogP contribution in [-0.4, -0.2) is 11.3 Å². The van der Waals surface area contributed by atoms with E-state index in [4.69, 9.17) is 8.83 Å². The smallest absolute Gasteiger partial charge is 0.252 e. The van der Waals surface area contributed by atoms with Gasteiger partial charge in [0, 0.05) is 78.6 Å². The molecule has 10 aromatic rings.